The summed E-state index contributed by atoms with van der Waals surface area (Å²) in [6.07, 6.45) is 3.27. The first-order chi connectivity index (χ1) is 12.4. The van der Waals surface area contributed by atoms with Gasteiger partial charge in [0.05, 0.1) is 4.90 Å². The molecule has 1 aromatic heterocycles. The molecule has 2 atom stereocenters. The number of sulfonamides is 1. The van der Waals surface area contributed by atoms with E-state index in [2.05, 4.69) is 10.1 Å². The third-order valence-electron chi connectivity index (χ3n) is 4.80. The summed E-state index contributed by atoms with van der Waals surface area (Å²) < 4.78 is 34.6. The average molecular weight is 379 g/mol. The topological polar surface area (TPSA) is 103 Å². The maximum absolute atomic E-state index is 12.9. The van der Waals surface area contributed by atoms with Gasteiger partial charge in [0.25, 0.3) is 0 Å². The van der Waals surface area contributed by atoms with E-state index < -0.39 is 10.0 Å². The third-order valence-corrected chi connectivity index (χ3v) is 6.68. The summed E-state index contributed by atoms with van der Waals surface area (Å²) in [6, 6.07) is 6.48. The van der Waals surface area contributed by atoms with Gasteiger partial charge in [-0.1, -0.05) is 0 Å². The van der Waals surface area contributed by atoms with Gasteiger partial charge in [-0.25, -0.2) is 13.4 Å². The zero-order chi connectivity index (χ0) is 18.7. The van der Waals surface area contributed by atoms with Gasteiger partial charge in [-0.2, -0.15) is 9.40 Å². The highest BCUT2D eigenvalue weighted by Gasteiger charge is 2.31. The van der Waals surface area contributed by atoms with E-state index in [0.29, 0.717) is 24.7 Å². The summed E-state index contributed by atoms with van der Waals surface area (Å²) >= 11 is 0. The predicted molar refractivity (Wildman–Crippen MR) is 96.9 cm³/mol. The first-order valence-electron chi connectivity index (χ1n) is 8.69. The first-order valence-corrected chi connectivity index (χ1v) is 10.1. The molecule has 3 rings (SSSR count). The highest BCUT2D eigenvalue weighted by atomic mass is 32.2. The monoisotopic (exact) mass is 379 g/mol. The zero-order valence-corrected chi connectivity index (χ0v) is 15.9. The van der Waals surface area contributed by atoms with Crippen LogP contribution < -0.4 is 10.5 Å². The van der Waals surface area contributed by atoms with Crippen molar-refractivity contribution in [3.8, 4) is 5.75 Å². The largest absolute Gasteiger partial charge is 0.486 e. The van der Waals surface area contributed by atoms with Crippen LogP contribution in [0.5, 0.6) is 5.75 Å². The average Bonchev–Trinajstić information content (AvgIpc) is 3.05. The van der Waals surface area contributed by atoms with Crippen molar-refractivity contribution in [2.75, 3.05) is 13.1 Å². The molecule has 1 fully saturated rings. The molecule has 0 spiro atoms. The molecule has 0 unspecified atom stereocenters. The molecule has 1 aromatic carbocycles. The van der Waals surface area contributed by atoms with E-state index >= 15 is 0 Å². The van der Waals surface area contributed by atoms with Crippen molar-refractivity contribution in [1.82, 2.24) is 19.1 Å². The van der Waals surface area contributed by atoms with E-state index in [1.165, 1.54) is 6.33 Å². The number of piperidine rings is 1. The molecule has 0 aliphatic carbocycles. The van der Waals surface area contributed by atoms with Crippen LogP contribution in [0.1, 0.15) is 25.6 Å². The van der Waals surface area contributed by atoms with Crippen molar-refractivity contribution in [2.45, 2.75) is 37.3 Å². The molecule has 9 heteroatoms. The molecule has 2 N–H and O–H groups in total. The van der Waals surface area contributed by atoms with Gasteiger partial charge in [0, 0.05) is 26.2 Å². The van der Waals surface area contributed by atoms with Gasteiger partial charge < -0.3 is 10.5 Å². The number of nitrogens with zero attached hydrogens (tertiary/aromatic N) is 4. The minimum atomic E-state index is -3.51. The highest BCUT2D eigenvalue weighted by Crippen LogP contribution is 2.26. The molecule has 0 radical (unpaired) electrons. The molecule has 1 saturated heterocycles. The van der Waals surface area contributed by atoms with Gasteiger partial charge in [-0.3, -0.25) is 4.68 Å². The van der Waals surface area contributed by atoms with Gasteiger partial charge in [0.2, 0.25) is 10.0 Å². The summed E-state index contributed by atoms with van der Waals surface area (Å²) in [6.45, 7) is 3.22. The first kappa shape index (κ1) is 18.8. The van der Waals surface area contributed by atoms with Crippen molar-refractivity contribution in [3.63, 3.8) is 0 Å². The lowest BCUT2D eigenvalue weighted by atomic mass is 9.93. The zero-order valence-electron chi connectivity index (χ0n) is 15.1. The second kappa shape index (κ2) is 7.73. The number of aromatic nitrogens is 3. The smallest absolute Gasteiger partial charge is 0.243 e. The summed E-state index contributed by atoms with van der Waals surface area (Å²) in [5.74, 6) is 1.48. The fraction of sp³-hybridized carbons (Fsp3) is 0.529. The molecule has 0 saturated carbocycles. The molecule has 0 bridgehead atoms. The summed E-state index contributed by atoms with van der Waals surface area (Å²) in [5.41, 5.74) is 5.97. The maximum Gasteiger partial charge on any atom is 0.243 e. The minimum absolute atomic E-state index is 0.00983. The van der Waals surface area contributed by atoms with Crippen LogP contribution in [0.2, 0.25) is 0 Å². The standard InChI is InChI=1S/C17H25N5O3S/c1-13(18)14-4-3-9-22(10-14)26(23,24)16-7-5-15(6-8-16)25-11-17-19-12-20-21(17)2/h5-8,12-14H,3-4,9-11,18H2,1-2H3/t13-,14-/m0/s1. The molecule has 2 heterocycles. The van der Waals surface area contributed by atoms with Crippen molar-refractivity contribution in [3.05, 3.63) is 36.4 Å². The highest BCUT2D eigenvalue weighted by molar-refractivity contribution is 7.89. The third kappa shape index (κ3) is 4.05. The van der Waals surface area contributed by atoms with Gasteiger partial charge in [-0.05, 0) is 49.9 Å². The number of nitrogens with two attached hydrogens (primary N) is 1. The molecule has 142 valence electrons. The number of hydrogen-bond acceptors (Lipinski definition) is 6. The Morgan fingerprint density at radius 3 is 2.69 bits per heavy atom. The van der Waals surface area contributed by atoms with Crippen molar-refractivity contribution in [2.24, 2.45) is 18.7 Å². The van der Waals surface area contributed by atoms with Crippen LogP contribution in [-0.2, 0) is 23.7 Å². The van der Waals surface area contributed by atoms with E-state index in [9.17, 15) is 8.42 Å². The Balaban J connectivity index is 1.67. The van der Waals surface area contributed by atoms with Gasteiger partial charge in [0.1, 0.15) is 18.7 Å². The van der Waals surface area contributed by atoms with Gasteiger partial charge >= 0.3 is 0 Å². The number of rotatable bonds is 6. The lowest BCUT2D eigenvalue weighted by Gasteiger charge is -2.33. The fourth-order valence-corrected chi connectivity index (χ4v) is 4.61. The van der Waals surface area contributed by atoms with Crippen LogP contribution >= 0.6 is 0 Å². The summed E-state index contributed by atoms with van der Waals surface area (Å²) in [5, 5.41) is 3.98. The molecule has 1 aliphatic rings. The lowest BCUT2D eigenvalue weighted by molar-refractivity contribution is 0.243. The molecular formula is C17H25N5O3S. The van der Waals surface area contributed by atoms with Crippen LogP contribution in [0.3, 0.4) is 0 Å². The van der Waals surface area contributed by atoms with E-state index in [-0.39, 0.29) is 23.5 Å². The fourth-order valence-electron chi connectivity index (χ4n) is 3.08. The molecule has 8 nitrogen and oxygen atoms in total. The van der Waals surface area contributed by atoms with Crippen LogP contribution in [0.4, 0.5) is 0 Å². The molecule has 2 aromatic rings. The maximum atomic E-state index is 12.9. The Morgan fingerprint density at radius 1 is 1.35 bits per heavy atom. The van der Waals surface area contributed by atoms with Crippen molar-refractivity contribution >= 4 is 10.0 Å². The quantitative estimate of drug-likeness (QED) is 0.807. The number of hydrogen-bond donors (Lipinski definition) is 1. The molecular weight excluding hydrogens is 354 g/mol. The van der Waals surface area contributed by atoms with Crippen LogP contribution in [0, 0.1) is 5.92 Å². The van der Waals surface area contributed by atoms with Crippen LogP contribution in [0.15, 0.2) is 35.5 Å². The summed E-state index contributed by atoms with van der Waals surface area (Å²) in [7, 11) is -1.73. The molecule has 0 amide bonds. The number of ether oxygens (including phenoxy) is 1. The Hall–Kier alpha value is -1.97. The number of aryl methyl sites for hydroxylation is 1. The van der Waals surface area contributed by atoms with E-state index in [0.717, 1.165) is 12.8 Å². The van der Waals surface area contributed by atoms with Crippen molar-refractivity contribution in [1.29, 1.82) is 0 Å². The Bertz CT molecular complexity index is 832. The summed E-state index contributed by atoms with van der Waals surface area (Å²) in [4.78, 5) is 4.36. The molecule has 26 heavy (non-hydrogen) atoms. The number of benzene rings is 1. The normalized spacial score (nSPS) is 20.0. The second-order valence-corrected chi connectivity index (χ2v) is 8.62. The van der Waals surface area contributed by atoms with Gasteiger partial charge in [0.15, 0.2) is 5.82 Å². The SMILES string of the molecule is C[C@H](N)[C@H]1CCCN(S(=O)(=O)c2ccc(OCc3ncnn3C)cc2)C1. The Labute approximate surface area is 154 Å². The minimum Gasteiger partial charge on any atom is -0.486 e. The Morgan fingerprint density at radius 2 is 2.08 bits per heavy atom. The van der Waals surface area contributed by atoms with E-state index in [1.807, 2.05) is 6.92 Å². The van der Waals surface area contributed by atoms with E-state index in [1.54, 1.807) is 40.3 Å². The molecule has 1 aliphatic heterocycles. The van der Waals surface area contributed by atoms with Crippen LogP contribution in [-0.4, -0.2) is 46.6 Å². The van der Waals surface area contributed by atoms with Crippen LogP contribution in [0.25, 0.3) is 0 Å². The van der Waals surface area contributed by atoms with Crippen molar-refractivity contribution < 1.29 is 13.2 Å². The second-order valence-electron chi connectivity index (χ2n) is 6.68. The predicted octanol–water partition coefficient (Wildman–Crippen LogP) is 1.14. The van der Waals surface area contributed by atoms with E-state index in [4.69, 9.17) is 10.5 Å². The van der Waals surface area contributed by atoms with Gasteiger partial charge in [-0.15, -0.1) is 0 Å². The lowest BCUT2D eigenvalue weighted by Crippen LogP contribution is -2.44. The Kier molecular flexibility index (Phi) is 5.59.